The second-order valence-electron chi connectivity index (χ2n) is 4.40. The maximum atomic E-state index is 12.2. The number of amides is 1. The molecule has 0 aliphatic heterocycles. The van der Waals surface area contributed by atoms with E-state index < -0.39 is 0 Å². The zero-order valence-electron chi connectivity index (χ0n) is 14.0. The number of nitrogens with zero attached hydrogens (tertiary/aromatic N) is 3. The third-order valence-corrected chi connectivity index (χ3v) is 3.89. The normalized spacial score (nSPS) is 11.5. The van der Waals surface area contributed by atoms with E-state index >= 15 is 0 Å². The van der Waals surface area contributed by atoms with Crippen molar-refractivity contribution in [3.63, 3.8) is 0 Å². The fourth-order valence-corrected chi connectivity index (χ4v) is 2.32. The highest BCUT2D eigenvalue weighted by Crippen LogP contribution is 2.21. The quantitative estimate of drug-likeness (QED) is 0.182. The number of carbonyl (C=O) groups excluding carboxylic acids is 1. The lowest BCUT2D eigenvalue weighted by Gasteiger charge is -2.14. The van der Waals surface area contributed by atoms with Crippen LogP contribution in [0.1, 0.15) is 17.3 Å². The van der Waals surface area contributed by atoms with Crippen LogP contribution in [0, 0.1) is 0 Å². The number of hydrogen-bond acceptors (Lipinski definition) is 6. The van der Waals surface area contributed by atoms with Gasteiger partial charge in [0.05, 0.1) is 12.7 Å². The number of carbonyl (C=O) groups is 1. The molecule has 1 amide bonds. The standard InChI is InChI=1S/C17H19ClN4O2S/c1-6-9-13(7-2)25-21-17(23)14-10-11-15(19-16(14)18)22(8-3)20-12(4)24-5/h6-11H,1-3H2,4-5H3,(H,21,23)/b13-9+,20-12+. The Morgan fingerprint density at radius 2 is 2.16 bits per heavy atom. The largest absolute Gasteiger partial charge is 0.483 e. The van der Waals surface area contributed by atoms with Gasteiger partial charge in [0.2, 0.25) is 5.90 Å². The molecule has 0 bridgehead atoms. The number of hydrazone groups is 1. The van der Waals surface area contributed by atoms with Crippen molar-refractivity contribution >= 4 is 41.2 Å². The zero-order valence-corrected chi connectivity index (χ0v) is 15.6. The summed E-state index contributed by atoms with van der Waals surface area (Å²) >= 11 is 7.24. The lowest BCUT2D eigenvalue weighted by atomic mass is 10.2. The molecule has 0 atom stereocenters. The van der Waals surface area contributed by atoms with Crippen LogP contribution < -0.4 is 9.73 Å². The molecular formula is C17H19ClN4O2S. The zero-order chi connectivity index (χ0) is 18.8. The first-order chi connectivity index (χ1) is 12.0. The minimum atomic E-state index is -0.382. The number of rotatable bonds is 8. The van der Waals surface area contributed by atoms with Gasteiger partial charge in [-0.15, -0.1) is 5.10 Å². The van der Waals surface area contributed by atoms with Crippen LogP contribution in [-0.4, -0.2) is 23.9 Å². The van der Waals surface area contributed by atoms with Crippen molar-refractivity contribution in [2.24, 2.45) is 5.10 Å². The van der Waals surface area contributed by atoms with Gasteiger partial charge >= 0.3 is 0 Å². The molecule has 1 N–H and O–H groups in total. The third-order valence-electron chi connectivity index (χ3n) is 2.78. The molecule has 0 aliphatic carbocycles. The summed E-state index contributed by atoms with van der Waals surface area (Å²) < 4.78 is 7.66. The number of nitrogens with one attached hydrogen (secondary N) is 1. The Kier molecular flexibility index (Phi) is 8.52. The van der Waals surface area contributed by atoms with Crippen LogP contribution in [0.4, 0.5) is 5.82 Å². The topological polar surface area (TPSA) is 66.8 Å². The number of anilines is 1. The van der Waals surface area contributed by atoms with Gasteiger partial charge in [0.1, 0.15) is 5.15 Å². The second kappa shape index (κ2) is 10.4. The van der Waals surface area contributed by atoms with Crippen LogP contribution in [-0.2, 0) is 4.74 Å². The van der Waals surface area contributed by atoms with Crippen molar-refractivity contribution in [1.29, 1.82) is 0 Å². The van der Waals surface area contributed by atoms with Crippen LogP contribution in [0.2, 0.25) is 5.15 Å². The van der Waals surface area contributed by atoms with E-state index in [-0.39, 0.29) is 16.6 Å². The van der Waals surface area contributed by atoms with Gasteiger partial charge in [-0.05, 0) is 30.2 Å². The Balaban J connectivity index is 2.96. The number of aromatic nitrogens is 1. The van der Waals surface area contributed by atoms with E-state index in [2.05, 4.69) is 34.5 Å². The first kappa shape index (κ1) is 20.5. The number of ether oxygens (including phenoxy) is 1. The third kappa shape index (κ3) is 6.13. The molecule has 25 heavy (non-hydrogen) atoms. The summed E-state index contributed by atoms with van der Waals surface area (Å²) in [6.07, 6.45) is 6.38. The molecule has 0 saturated carbocycles. The SMILES string of the molecule is C=C/C=C(\C=C)SNC(=O)c1ccc(N(C=C)/N=C(\C)OC)nc1Cl. The highest BCUT2D eigenvalue weighted by Gasteiger charge is 2.14. The van der Waals surface area contributed by atoms with Gasteiger partial charge in [0.25, 0.3) is 5.91 Å². The fourth-order valence-electron chi connectivity index (χ4n) is 1.52. The first-order valence-electron chi connectivity index (χ1n) is 7.06. The molecule has 0 unspecified atom stereocenters. The Morgan fingerprint density at radius 3 is 2.68 bits per heavy atom. The fraction of sp³-hybridized carbons (Fsp3) is 0.118. The minimum absolute atomic E-state index is 0.0422. The maximum absolute atomic E-state index is 12.2. The van der Waals surface area contributed by atoms with Crippen LogP contribution in [0.3, 0.4) is 0 Å². The predicted molar refractivity (Wildman–Crippen MR) is 106 cm³/mol. The van der Waals surface area contributed by atoms with Gasteiger partial charge in [-0.3, -0.25) is 9.52 Å². The molecule has 1 aromatic heterocycles. The highest BCUT2D eigenvalue weighted by atomic mass is 35.5. The molecule has 0 spiro atoms. The Labute approximate surface area is 156 Å². The van der Waals surface area contributed by atoms with E-state index in [1.807, 2.05) is 0 Å². The lowest BCUT2D eigenvalue weighted by Crippen LogP contribution is -2.18. The van der Waals surface area contributed by atoms with Crippen LogP contribution in [0.25, 0.3) is 0 Å². The average molecular weight is 379 g/mol. The lowest BCUT2D eigenvalue weighted by molar-refractivity contribution is 0.0984. The highest BCUT2D eigenvalue weighted by molar-refractivity contribution is 8.01. The molecule has 0 fully saturated rings. The molecule has 6 nitrogen and oxygen atoms in total. The number of allylic oxidation sites excluding steroid dienone is 3. The molecule has 1 rings (SSSR count). The van der Waals surface area contributed by atoms with Crippen LogP contribution in [0.5, 0.6) is 0 Å². The first-order valence-corrected chi connectivity index (χ1v) is 8.26. The van der Waals surface area contributed by atoms with Crippen molar-refractivity contribution in [1.82, 2.24) is 9.71 Å². The summed E-state index contributed by atoms with van der Waals surface area (Å²) in [5.74, 6) is 0.438. The smallest absolute Gasteiger partial charge is 0.264 e. The van der Waals surface area contributed by atoms with Crippen LogP contribution in [0.15, 0.2) is 66.3 Å². The van der Waals surface area contributed by atoms with Crippen molar-refractivity contribution in [2.45, 2.75) is 6.92 Å². The molecule has 0 aliphatic rings. The van der Waals surface area contributed by atoms with E-state index in [9.17, 15) is 4.79 Å². The molecule has 0 saturated heterocycles. The molecule has 0 aromatic carbocycles. The van der Waals surface area contributed by atoms with E-state index in [1.54, 1.807) is 37.3 Å². The predicted octanol–water partition coefficient (Wildman–Crippen LogP) is 4.30. The monoisotopic (exact) mass is 378 g/mol. The molecule has 132 valence electrons. The van der Waals surface area contributed by atoms with E-state index in [0.29, 0.717) is 11.7 Å². The van der Waals surface area contributed by atoms with Crippen molar-refractivity contribution in [3.8, 4) is 0 Å². The number of halogens is 1. The Morgan fingerprint density at radius 1 is 1.44 bits per heavy atom. The van der Waals surface area contributed by atoms with Gasteiger partial charge in [-0.1, -0.05) is 43.5 Å². The van der Waals surface area contributed by atoms with Gasteiger partial charge in [-0.25, -0.2) is 9.99 Å². The Hall–Kier alpha value is -2.51. The summed E-state index contributed by atoms with van der Waals surface area (Å²) in [7, 11) is 1.50. The molecular weight excluding hydrogens is 360 g/mol. The van der Waals surface area contributed by atoms with Gasteiger partial charge in [0.15, 0.2) is 5.82 Å². The molecule has 8 heteroatoms. The number of methoxy groups -OCH3 is 1. The van der Waals surface area contributed by atoms with Crippen molar-refractivity contribution < 1.29 is 9.53 Å². The van der Waals surface area contributed by atoms with Gasteiger partial charge < -0.3 is 4.74 Å². The van der Waals surface area contributed by atoms with Crippen LogP contribution >= 0.6 is 23.5 Å². The molecule has 1 heterocycles. The Bertz CT molecular complexity index is 731. The van der Waals surface area contributed by atoms with Crippen molar-refractivity contribution in [3.05, 3.63) is 71.9 Å². The summed E-state index contributed by atoms with van der Waals surface area (Å²) in [5.41, 5.74) is 0.233. The summed E-state index contributed by atoms with van der Waals surface area (Å²) in [6, 6.07) is 3.16. The van der Waals surface area contributed by atoms with Crippen molar-refractivity contribution in [2.75, 3.05) is 12.1 Å². The number of pyridine rings is 1. The summed E-state index contributed by atoms with van der Waals surface area (Å²) in [5, 5.41) is 5.58. The summed E-state index contributed by atoms with van der Waals surface area (Å²) in [6.45, 7) is 12.6. The molecule has 0 radical (unpaired) electrons. The van der Waals surface area contributed by atoms with Gasteiger partial charge in [0, 0.05) is 18.0 Å². The summed E-state index contributed by atoms with van der Waals surface area (Å²) in [4.78, 5) is 17.2. The second-order valence-corrected chi connectivity index (χ2v) is 5.64. The maximum Gasteiger partial charge on any atom is 0.264 e. The number of hydrogen-bond donors (Lipinski definition) is 1. The van der Waals surface area contributed by atoms with E-state index in [0.717, 1.165) is 16.9 Å². The van der Waals surface area contributed by atoms with E-state index in [1.165, 1.54) is 18.3 Å². The van der Waals surface area contributed by atoms with Gasteiger partial charge in [-0.2, -0.15) is 0 Å². The van der Waals surface area contributed by atoms with E-state index in [4.69, 9.17) is 16.3 Å². The molecule has 1 aromatic rings. The minimum Gasteiger partial charge on any atom is -0.483 e. The average Bonchev–Trinajstić information content (AvgIpc) is 2.62.